The van der Waals surface area contributed by atoms with Crippen LogP contribution in [0.3, 0.4) is 0 Å². The van der Waals surface area contributed by atoms with Gasteiger partial charge in [0.2, 0.25) is 0 Å². The Kier molecular flexibility index (Phi) is 4.24. The van der Waals surface area contributed by atoms with Crippen molar-refractivity contribution in [3.05, 3.63) is 40.4 Å². The Hall–Kier alpha value is -1.50. The van der Waals surface area contributed by atoms with E-state index in [1.54, 1.807) is 0 Å². The van der Waals surface area contributed by atoms with Gasteiger partial charge in [-0.05, 0) is 43.1 Å². The lowest BCUT2D eigenvalue weighted by molar-refractivity contribution is 0.339. The molecule has 0 fully saturated rings. The van der Waals surface area contributed by atoms with Gasteiger partial charge in [0, 0.05) is 0 Å². The number of hydrogen-bond acceptors (Lipinski definition) is 6. The third-order valence-electron chi connectivity index (χ3n) is 2.62. The number of aryl methyl sites for hydroxylation is 1. The highest BCUT2D eigenvalue weighted by atomic mass is 32.1. The second-order valence-corrected chi connectivity index (χ2v) is 4.61. The van der Waals surface area contributed by atoms with E-state index in [0.29, 0.717) is 6.61 Å². The van der Waals surface area contributed by atoms with Crippen molar-refractivity contribution in [2.24, 2.45) is 5.84 Å². The molecule has 1 unspecified atom stereocenters. The molecule has 18 heavy (non-hydrogen) atoms. The number of rotatable bonds is 5. The maximum Gasteiger partial charge on any atom is 0.119 e. The molecule has 0 radical (unpaired) electrons. The summed E-state index contributed by atoms with van der Waals surface area (Å²) in [7, 11) is 0. The topological polar surface area (TPSA) is 73.1 Å². The van der Waals surface area contributed by atoms with Crippen LogP contribution in [0.1, 0.15) is 29.1 Å². The number of nitrogens with two attached hydrogens (primary N) is 1. The zero-order valence-corrected chi connectivity index (χ0v) is 11.2. The second-order valence-electron chi connectivity index (χ2n) is 3.83. The molecule has 0 amide bonds. The summed E-state index contributed by atoms with van der Waals surface area (Å²) in [6.07, 6.45) is 0. The molecule has 0 spiro atoms. The molecular formula is C12H16N4OS. The van der Waals surface area contributed by atoms with Crippen LogP contribution in [-0.4, -0.2) is 16.2 Å². The number of benzene rings is 1. The highest BCUT2D eigenvalue weighted by Crippen LogP contribution is 2.28. The Morgan fingerprint density at radius 1 is 1.50 bits per heavy atom. The summed E-state index contributed by atoms with van der Waals surface area (Å²) in [5.74, 6) is 6.49. The lowest BCUT2D eigenvalue weighted by atomic mass is 10.0. The number of nitrogens with zero attached hydrogens (tertiary/aromatic N) is 2. The zero-order valence-electron chi connectivity index (χ0n) is 10.4. The molecule has 3 N–H and O–H groups in total. The molecule has 0 aliphatic carbocycles. The summed E-state index contributed by atoms with van der Waals surface area (Å²) in [5, 5.41) is 4.01. The van der Waals surface area contributed by atoms with Crippen LogP contribution in [-0.2, 0) is 0 Å². The molecule has 1 atom stereocenters. The van der Waals surface area contributed by atoms with E-state index in [1.807, 2.05) is 38.1 Å². The van der Waals surface area contributed by atoms with E-state index >= 15 is 0 Å². The minimum absolute atomic E-state index is 0.106. The summed E-state index contributed by atoms with van der Waals surface area (Å²) < 4.78 is 9.43. The van der Waals surface area contributed by atoms with E-state index in [1.165, 1.54) is 11.5 Å². The van der Waals surface area contributed by atoms with Crippen LogP contribution in [0.2, 0.25) is 0 Å². The number of aromatic nitrogens is 2. The normalized spacial score (nSPS) is 12.4. The SMILES string of the molecule is CCOc1cccc(C(NN)c2snnc2C)c1. The molecule has 6 heteroatoms. The van der Waals surface area contributed by atoms with E-state index in [-0.39, 0.29) is 6.04 Å². The van der Waals surface area contributed by atoms with Crippen LogP contribution in [0.4, 0.5) is 0 Å². The standard InChI is InChI=1S/C12H16N4OS/c1-3-17-10-6-4-5-9(7-10)11(14-13)12-8(2)15-16-18-12/h4-7,11,14H,3,13H2,1-2H3. The van der Waals surface area contributed by atoms with Gasteiger partial charge in [0.05, 0.1) is 23.2 Å². The fourth-order valence-electron chi connectivity index (χ4n) is 1.78. The third-order valence-corrected chi connectivity index (χ3v) is 3.51. The Bertz CT molecular complexity index is 514. The van der Waals surface area contributed by atoms with Crippen LogP contribution in [0, 0.1) is 6.92 Å². The van der Waals surface area contributed by atoms with Gasteiger partial charge in [-0.1, -0.05) is 16.6 Å². The predicted octanol–water partition coefficient (Wildman–Crippen LogP) is 1.80. The van der Waals surface area contributed by atoms with E-state index in [4.69, 9.17) is 10.6 Å². The molecule has 0 bridgehead atoms. The van der Waals surface area contributed by atoms with Gasteiger partial charge in [0.1, 0.15) is 5.75 Å². The predicted molar refractivity (Wildman–Crippen MR) is 71.4 cm³/mol. The first kappa shape index (κ1) is 12.9. The highest BCUT2D eigenvalue weighted by Gasteiger charge is 2.18. The van der Waals surface area contributed by atoms with Gasteiger partial charge < -0.3 is 4.74 Å². The highest BCUT2D eigenvalue weighted by molar-refractivity contribution is 7.05. The zero-order chi connectivity index (χ0) is 13.0. The first-order valence-corrected chi connectivity index (χ1v) is 6.51. The molecule has 1 heterocycles. The number of nitrogens with one attached hydrogen (secondary N) is 1. The fraction of sp³-hybridized carbons (Fsp3) is 0.333. The maximum absolute atomic E-state index is 5.65. The van der Waals surface area contributed by atoms with E-state index in [0.717, 1.165) is 21.9 Å². The number of hydrogen-bond donors (Lipinski definition) is 2. The largest absolute Gasteiger partial charge is 0.494 e. The second kappa shape index (κ2) is 5.90. The first-order valence-electron chi connectivity index (χ1n) is 5.74. The summed E-state index contributed by atoms with van der Waals surface area (Å²) in [4.78, 5) is 1.02. The minimum Gasteiger partial charge on any atom is -0.494 e. The van der Waals surface area contributed by atoms with Gasteiger partial charge >= 0.3 is 0 Å². The van der Waals surface area contributed by atoms with Crippen LogP contribution in [0.15, 0.2) is 24.3 Å². The number of hydrazine groups is 1. The van der Waals surface area contributed by atoms with Gasteiger partial charge in [0.25, 0.3) is 0 Å². The van der Waals surface area contributed by atoms with Crippen LogP contribution >= 0.6 is 11.5 Å². The Balaban J connectivity index is 2.33. The summed E-state index contributed by atoms with van der Waals surface area (Å²) in [6.45, 7) is 4.53. The fourth-order valence-corrected chi connectivity index (χ4v) is 2.51. The van der Waals surface area contributed by atoms with Gasteiger partial charge in [-0.3, -0.25) is 5.84 Å². The molecule has 96 valence electrons. The summed E-state index contributed by atoms with van der Waals surface area (Å²) in [6, 6.07) is 7.76. The van der Waals surface area contributed by atoms with Gasteiger partial charge in [-0.25, -0.2) is 5.43 Å². The van der Waals surface area contributed by atoms with Crippen LogP contribution in [0.25, 0.3) is 0 Å². The van der Waals surface area contributed by atoms with Crippen molar-refractivity contribution >= 4 is 11.5 Å². The average molecular weight is 264 g/mol. The smallest absolute Gasteiger partial charge is 0.119 e. The third kappa shape index (κ3) is 2.66. The molecule has 1 aromatic carbocycles. The molecule has 2 rings (SSSR count). The van der Waals surface area contributed by atoms with Crippen molar-refractivity contribution in [3.8, 4) is 5.75 Å². The lowest BCUT2D eigenvalue weighted by Crippen LogP contribution is -2.28. The summed E-state index contributed by atoms with van der Waals surface area (Å²) >= 11 is 1.35. The van der Waals surface area contributed by atoms with Crippen molar-refractivity contribution in [2.45, 2.75) is 19.9 Å². The minimum atomic E-state index is -0.106. The molecule has 0 saturated heterocycles. The van der Waals surface area contributed by atoms with Crippen molar-refractivity contribution in [3.63, 3.8) is 0 Å². The van der Waals surface area contributed by atoms with E-state index in [9.17, 15) is 0 Å². The van der Waals surface area contributed by atoms with E-state index < -0.39 is 0 Å². The van der Waals surface area contributed by atoms with Crippen LogP contribution in [0.5, 0.6) is 5.75 Å². The van der Waals surface area contributed by atoms with Gasteiger partial charge in [-0.2, -0.15) is 0 Å². The molecule has 0 aliphatic rings. The molecule has 2 aromatic rings. The first-order chi connectivity index (χ1) is 8.76. The molecule has 0 aliphatic heterocycles. The van der Waals surface area contributed by atoms with Crippen molar-refractivity contribution in [1.29, 1.82) is 0 Å². The average Bonchev–Trinajstić information content (AvgIpc) is 2.78. The summed E-state index contributed by atoms with van der Waals surface area (Å²) in [5.41, 5.74) is 4.74. The van der Waals surface area contributed by atoms with Gasteiger partial charge in [-0.15, -0.1) is 5.10 Å². The lowest BCUT2D eigenvalue weighted by Gasteiger charge is -2.15. The maximum atomic E-state index is 5.65. The van der Waals surface area contributed by atoms with Crippen molar-refractivity contribution < 1.29 is 4.74 Å². The quantitative estimate of drug-likeness (QED) is 0.636. The monoisotopic (exact) mass is 264 g/mol. The van der Waals surface area contributed by atoms with Crippen LogP contribution < -0.4 is 16.0 Å². The Morgan fingerprint density at radius 2 is 2.33 bits per heavy atom. The van der Waals surface area contributed by atoms with E-state index in [2.05, 4.69) is 15.0 Å². The van der Waals surface area contributed by atoms with Crippen molar-refractivity contribution in [1.82, 2.24) is 15.0 Å². The molecule has 0 saturated carbocycles. The molecular weight excluding hydrogens is 248 g/mol. The Labute approximate surface area is 110 Å². The Morgan fingerprint density at radius 3 is 2.94 bits per heavy atom. The van der Waals surface area contributed by atoms with Gasteiger partial charge in [0.15, 0.2) is 0 Å². The molecule has 5 nitrogen and oxygen atoms in total. The molecule has 1 aromatic heterocycles. The number of ether oxygens (including phenoxy) is 1. The van der Waals surface area contributed by atoms with Crippen molar-refractivity contribution in [2.75, 3.05) is 6.61 Å².